The second-order valence-corrected chi connectivity index (χ2v) is 7.66. The third-order valence-corrected chi connectivity index (χ3v) is 6.31. The summed E-state index contributed by atoms with van der Waals surface area (Å²) in [6, 6.07) is 7.94. The lowest BCUT2D eigenvalue weighted by molar-refractivity contribution is -0.121. The van der Waals surface area contributed by atoms with Gasteiger partial charge in [-0.1, -0.05) is 0 Å². The Balaban J connectivity index is 0.00000169. The van der Waals surface area contributed by atoms with Gasteiger partial charge < -0.3 is 11.1 Å². The normalized spacial score (nSPS) is 27.8. The summed E-state index contributed by atoms with van der Waals surface area (Å²) in [7, 11) is 0. The zero-order valence-corrected chi connectivity index (χ0v) is 15.2. The van der Waals surface area contributed by atoms with Crippen LogP contribution in [0.2, 0.25) is 0 Å². The van der Waals surface area contributed by atoms with E-state index < -0.39 is 0 Å². The van der Waals surface area contributed by atoms with Crippen molar-refractivity contribution < 1.29 is 4.79 Å². The number of nitrogens with zero attached hydrogens (tertiary/aromatic N) is 1. The molecule has 1 amide bonds. The molecule has 4 rings (SSSR count). The minimum absolute atomic E-state index is 0. The van der Waals surface area contributed by atoms with E-state index >= 15 is 0 Å². The number of aryl methyl sites for hydroxylation is 1. The van der Waals surface area contributed by atoms with Crippen LogP contribution in [0.5, 0.6) is 0 Å². The average molecular weight is 364 g/mol. The molecule has 4 unspecified atom stereocenters. The van der Waals surface area contributed by atoms with Crippen molar-refractivity contribution in [3.63, 3.8) is 0 Å². The van der Waals surface area contributed by atoms with Crippen molar-refractivity contribution >= 4 is 35.3 Å². The number of fused-ring (bicyclic) bond motifs is 2. The van der Waals surface area contributed by atoms with Crippen molar-refractivity contribution in [3.8, 4) is 10.6 Å². The third kappa shape index (κ3) is 3.08. The first kappa shape index (κ1) is 17.4. The number of anilines is 1. The van der Waals surface area contributed by atoms with E-state index in [0.717, 1.165) is 34.8 Å². The van der Waals surface area contributed by atoms with Crippen LogP contribution < -0.4 is 11.1 Å². The number of carbonyl (C=O) groups is 1. The minimum atomic E-state index is -0.0185. The number of nitrogens with two attached hydrogens (primary N) is 1. The van der Waals surface area contributed by atoms with Gasteiger partial charge in [0.1, 0.15) is 5.01 Å². The number of halogens is 1. The first-order valence-corrected chi connectivity index (χ1v) is 9.09. The van der Waals surface area contributed by atoms with Gasteiger partial charge in [-0.3, -0.25) is 4.79 Å². The summed E-state index contributed by atoms with van der Waals surface area (Å²) in [6.07, 6.45) is 3.47. The molecule has 2 aliphatic carbocycles. The molecule has 2 aliphatic rings. The smallest absolute Gasteiger partial charge is 0.229 e. The lowest BCUT2D eigenvalue weighted by Gasteiger charge is -2.27. The first-order chi connectivity index (χ1) is 11.1. The highest BCUT2D eigenvalue weighted by Gasteiger charge is 2.49. The van der Waals surface area contributed by atoms with Crippen LogP contribution >= 0.6 is 23.7 Å². The van der Waals surface area contributed by atoms with Gasteiger partial charge in [-0.2, -0.15) is 0 Å². The van der Waals surface area contributed by atoms with Crippen molar-refractivity contribution in [1.82, 2.24) is 4.98 Å². The summed E-state index contributed by atoms with van der Waals surface area (Å²) >= 11 is 1.64. The van der Waals surface area contributed by atoms with Crippen molar-refractivity contribution in [2.24, 2.45) is 23.5 Å². The number of thiazole rings is 1. The van der Waals surface area contributed by atoms with E-state index in [1.807, 2.05) is 36.6 Å². The number of aromatic nitrogens is 1. The van der Waals surface area contributed by atoms with Gasteiger partial charge in [0.05, 0.1) is 5.92 Å². The van der Waals surface area contributed by atoms with Gasteiger partial charge >= 0.3 is 0 Å². The maximum Gasteiger partial charge on any atom is 0.229 e. The molecule has 3 N–H and O–H groups in total. The molecular formula is C18H22ClN3OS. The van der Waals surface area contributed by atoms with Crippen molar-refractivity contribution in [2.75, 3.05) is 5.32 Å². The largest absolute Gasteiger partial charge is 0.327 e. The molecule has 1 aromatic carbocycles. The zero-order valence-electron chi connectivity index (χ0n) is 13.6. The van der Waals surface area contributed by atoms with Gasteiger partial charge in [-0.15, -0.1) is 23.7 Å². The first-order valence-electron chi connectivity index (χ1n) is 8.21. The Kier molecular flexibility index (Phi) is 4.95. The molecule has 2 fully saturated rings. The topological polar surface area (TPSA) is 68.0 Å². The molecule has 128 valence electrons. The number of amides is 1. The Labute approximate surface area is 152 Å². The van der Waals surface area contributed by atoms with Crippen LogP contribution in [0.4, 0.5) is 5.69 Å². The maximum atomic E-state index is 12.6. The number of hydrogen-bond donors (Lipinski definition) is 2. The van der Waals surface area contributed by atoms with Gasteiger partial charge in [0, 0.05) is 28.4 Å². The molecule has 0 spiro atoms. The molecule has 6 heteroatoms. The summed E-state index contributed by atoms with van der Waals surface area (Å²) in [5.74, 6) is 1.09. The van der Waals surface area contributed by atoms with Crippen LogP contribution in [-0.4, -0.2) is 16.9 Å². The van der Waals surface area contributed by atoms with E-state index in [-0.39, 0.29) is 30.3 Å². The fraction of sp³-hybridized carbons (Fsp3) is 0.444. The van der Waals surface area contributed by atoms with Crippen molar-refractivity contribution in [1.29, 1.82) is 0 Å². The second kappa shape index (κ2) is 6.82. The predicted molar refractivity (Wildman–Crippen MR) is 100 cm³/mol. The van der Waals surface area contributed by atoms with E-state index in [1.165, 1.54) is 6.42 Å². The summed E-state index contributed by atoms with van der Waals surface area (Å²) in [5, 5.41) is 6.10. The molecule has 4 atom stereocenters. The molecule has 1 aromatic heterocycles. The Morgan fingerprint density at radius 1 is 1.25 bits per heavy atom. The standard InChI is InChI=1S/C18H21N3OS.ClH/c1-10-9-23-18(20-10)11-4-6-14(7-5-11)21-17(22)15-12-2-3-13(8-12)16(15)19;/h4-7,9,12-13,15-16H,2-3,8,19H2,1H3,(H,21,22);1H. The minimum Gasteiger partial charge on any atom is -0.327 e. The molecular weight excluding hydrogens is 342 g/mol. The summed E-state index contributed by atoms with van der Waals surface area (Å²) in [4.78, 5) is 17.1. The van der Waals surface area contributed by atoms with Crippen LogP contribution in [0.3, 0.4) is 0 Å². The Morgan fingerprint density at radius 3 is 2.54 bits per heavy atom. The molecule has 0 radical (unpaired) electrons. The molecule has 24 heavy (non-hydrogen) atoms. The molecule has 2 bridgehead atoms. The SMILES string of the molecule is Cc1csc(-c2ccc(NC(=O)C3C4CCC(C4)C3N)cc2)n1.Cl. The highest BCUT2D eigenvalue weighted by Crippen LogP contribution is 2.47. The molecule has 2 aromatic rings. The molecule has 4 nitrogen and oxygen atoms in total. The number of hydrogen-bond acceptors (Lipinski definition) is 4. The predicted octanol–water partition coefficient (Wildman–Crippen LogP) is 3.85. The van der Waals surface area contributed by atoms with Crippen LogP contribution in [0.15, 0.2) is 29.6 Å². The number of nitrogens with one attached hydrogen (secondary N) is 1. The fourth-order valence-corrected chi connectivity index (χ4v) is 4.94. The summed E-state index contributed by atoms with van der Waals surface area (Å²) in [6.45, 7) is 1.99. The third-order valence-electron chi connectivity index (χ3n) is 5.30. The number of carbonyl (C=O) groups excluding carboxylic acids is 1. The van der Waals surface area contributed by atoms with Gasteiger partial charge in [0.2, 0.25) is 5.91 Å². The van der Waals surface area contributed by atoms with E-state index in [1.54, 1.807) is 11.3 Å². The van der Waals surface area contributed by atoms with E-state index in [4.69, 9.17) is 5.73 Å². The Morgan fingerprint density at radius 2 is 1.96 bits per heavy atom. The maximum absolute atomic E-state index is 12.6. The van der Waals surface area contributed by atoms with Gasteiger partial charge in [0.15, 0.2) is 0 Å². The quantitative estimate of drug-likeness (QED) is 0.870. The molecule has 0 saturated heterocycles. The highest BCUT2D eigenvalue weighted by molar-refractivity contribution is 7.13. The molecule has 0 aliphatic heterocycles. The average Bonchev–Trinajstić information content (AvgIpc) is 3.24. The van der Waals surface area contributed by atoms with Crippen molar-refractivity contribution in [2.45, 2.75) is 32.2 Å². The van der Waals surface area contributed by atoms with E-state index in [0.29, 0.717) is 11.8 Å². The molecule has 1 heterocycles. The Bertz CT molecular complexity index is 728. The zero-order chi connectivity index (χ0) is 16.0. The lowest BCUT2D eigenvalue weighted by atomic mass is 9.84. The van der Waals surface area contributed by atoms with Gasteiger partial charge in [0.25, 0.3) is 0 Å². The van der Waals surface area contributed by atoms with Crippen LogP contribution in [-0.2, 0) is 4.79 Å². The van der Waals surface area contributed by atoms with Crippen LogP contribution in [0, 0.1) is 24.7 Å². The van der Waals surface area contributed by atoms with Gasteiger partial charge in [-0.05, 0) is 62.3 Å². The molecule has 2 saturated carbocycles. The Hall–Kier alpha value is -1.43. The number of benzene rings is 1. The summed E-state index contributed by atoms with van der Waals surface area (Å²) < 4.78 is 0. The highest BCUT2D eigenvalue weighted by atomic mass is 35.5. The van der Waals surface area contributed by atoms with Crippen LogP contribution in [0.25, 0.3) is 10.6 Å². The van der Waals surface area contributed by atoms with Crippen LogP contribution in [0.1, 0.15) is 25.0 Å². The van der Waals surface area contributed by atoms with Gasteiger partial charge in [-0.25, -0.2) is 4.98 Å². The summed E-state index contributed by atoms with van der Waals surface area (Å²) in [5.41, 5.74) is 9.20. The monoisotopic (exact) mass is 363 g/mol. The lowest BCUT2D eigenvalue weighted by Crippen LogP contribution is -2.42. The van der Waals surface area contributed by atoms with Crippen molar-refractivity contribution in [3.05, 3.63) is 35.3 Å². The van der Waals surface area contributed by atoms with E-state index in [2.05, 4.69) is 10.3 Å². The number of rotatable bonds is 3. The fourth-order valence-electron chi connectivity index (χ4n) is 4.13. The van der Waals surface area contributed by atoms with E-state index in [9.17, 15) is 4.79 Å². The second-order valence-electron chi connectivity index (χ2n) is 6.80.